The molecule has 5 heterocycles. The Morgan fingerprint density at radius 1 is 0.582 bits per heavy atom. The molecular weight excluding hydrogens is 1430 g/mol. The number of hydrogen-bond acceptors (Lipinski definition) is 20. The first kappa shape index (κ1) is 88.2. The Hall–Kier alpha value is -10.7. The van der Waals surface area contributed by atoms with Crippen LogP contribution in [0, 0.1) is 5.92 Å². The summed E-state index contributed by atoms with van der Waals surface area (Å²) >= 11 is 0. The fourth-order valence-electron chi connectivity index (χ4n) is 13.6. The van der Waals surface area contributed by atoms with Crippen molar-refractivity contribution in [2.45, 2.75) is 228 Å². The van der Waals surface area contributed by atoms with Crippen molar-refractivity contribution in [3.63, 3.8) is 0 Å². The lowest BCUT2D eigenvalue weighted by atomic mass is 10.0. The van der Waals surface area contributed by atoms with E-state index in [0.29, 0.717) is 62.0 Å². The van der Waals surface area contributed by atoms with E-state index in [1.54, 1.807) is 38.1 Å². The number of carbonyl (C=O) groups is 14. The smallest absolute Gasteiger partial charge is 0.326 e. The molecule has 23 N–H and O–H groups in total. The minimum absolute atomic E-state index is 0.00811. The van der Waals surface area contributed by atoms with Crippen LogP contribution in [0.25, 0.3) is 0 Å². The van der Waals surface area contributed by atoms with E-state index in [9.17, 15) is 77.3 Å². The molecule has 2 aromatic rings. The third kappa shape index (κ3) is 27.4. The number of hydrogen-bond donors (Lipinski definition) is 18. The quantitative estimate of drug-likeness (QED) is 0.0168. The number of unbranched alkanes of at least 4 members (excludes halogenated alkanes) is 2. The SMILES string of the molecule is CCCC[C@H](NC(=O)[C@@H]1CCCN1C(=O)CNC(=O)[C@H](CCCCN)NC(=O)[C@H](Cc1cnc[nH]1)NC(=O)[C@H](CO)NC(=O)[C@H](CC(C)C)NC(=O)[C@H](CCCN=C(N)N)NC(=O)[C@@H]1CCCN1C(=O)[C@H](CCCN=C(N)N)NC(=O)[C@@H]1CCC(=O)N1)C(=O)N1CCC[C@H]1C(=O)N[C@@H](Cc1ccc(OC)cc1)C(=O)O. The zero-order chi connectivity index (χ0) is 80.6. The fraction of sp³-hybridized carbons (Fsp3) is 0.648. The van der Waals surface area contributed by atoms with E-state index in [4.69, 9.17) is 33.4 Å². The van der Waals surface area contributed by atoms with Gasteiger partial charge in [-0.25, -0.2) is 9.78 Å². The number of H-pyrrole nitrogens is 1. The molecule has 0 spiro atoms. The summed E-state index contributed by atoms with van der Waals surface area (Å²) < 4.78 is 5.20. The van der Waals surface area contributed by atoms with Crippen LogP contribution in [-0.2, 0) is 80.0 Å². The van der Waals surface area contributed by atoms with Crippen molar-refractivity contribution < 1.29 is 82.1 Å². The Kier molecular flexibility index (Phi) is 35.8. The summed E-state index contributed by atoms with van der Waals surface area (Å²) in [5, 5.41) is 47.2. The standard InChI is InChI=1S/C71H112N22O17/c1-5-6-14-47(67(106)93-32-13-20-55(93)66(105)89-51(69(108)109)34-41-21-23-43(110-4)24-22-41)86-64(103)53-18-11-30-91(53)57(96)37-80-58(97)44(15-7-8-27-72)83-62(101)50(35-42-36-77-39-81-42)88-63(102)52(38-94)90-61(100)49(33-40(2)3)87-59(98)45(16-9-28-78-70(73)74)84-65(104)54-19-12-31-92(54)68(107)48(17-10-29-79-71(75)76)85-60(99)46-25-26-56(95)82-46/h21-24,36,39-40,44-55,94H,5-20,25-35,37-38,72H2,1-4H3,(H,77,81)(H,80,97)(H,82,95)(H,83,101)(H,84,104)(H,85,99)(H,86,103)(H,87,98)(H,88,102)(H,89,105)(H,90,100)(H,108,109)(H4,73,74,78)(H4,75,76,79)/t44-,45-,46-,47-,48-,49-,50-,51-,52-,53-,54-,55-/m0/s1. The van der Waals surface area contributed by atoms with Crippen molar-refractivity contribution >= 4 is 94.7 Å². The molecular formula is C71H112N22O17. The predicted octanol–water partition coefficient (Wildman–Crippen LogP) is -5.00. The van der Waals surface area contributed by atoms with E-state index in [2.05, 4.69) is 73.1 Å². The minimum Gasteiger partial charge on any atom is -0.497 e. The van der Waals surface area contributed by atoms with E-state index in [1.165, 1.54) is 34.3 Å². The van der Waals surface area contributed by atoms with Gasteiger partial charge in [0.25, 0.3) is 0 Å². The molecule has 110 heavy (non-hydrogen) atoms. The molecule has 1 aromatic carbocycles. The summed E-state index contributed by atoms with van der Waals surface area (Å²) in [5.41, 5.74) is 28.9. The molecule has 0 unspecified atom stereocenters. The molecule has 0 aliphatic carbocycles. The molecule has 0 bridgehead atoms. The summed E-state index contributed by atoms with van der Waals surface area (Å²) in [4.78, 5) is 214. The molecule has 39 nitrogen and oxygen atoms in total. The van der Waals surface area contributed by atoms with Crippen LogP contribution in [0.2, 0.25) is 0 Å². The number of methoxy groups -OCH3 is 1. The number of likely N-dealkylation sites (tertiary alicyclic amines) is 3. The number of nitrogens with zero attached hydrogens (tertiary/aromatic N) is 6. The average Bonchev–Trinajstić information content (AvgIpc) is 1.64. The maximum Gasteiger partial charge on any atom is 0.326 e. The van der Waals surface area contributed by atoms with Crippen molar-refractivity contribution in [2.75, 3.05) is 59.5 Å². The zero-order valence-electron chi connectivity index (χ0n) is 63.1. The third-order valence-electron chi connectivity index (χ3n) is 19.4. The first-order chi connectivity index (χ1) is 52.5. The Morgan fingerprint density at radius 3 is 1.58 bits per heavy atom. The van der Waals surface area contributed by atoms with Crippen molar-refractivity contribution in [2.24, 2.45) is 44.6 Å². The van der Waals surface area contributed by atoms with Gasteiger partial charge in [0.05, 0.1) is 26.6 Å². The third-order valence-corrected chi connectivity index (χ3v) is 19.4. The number of aromatic nitrogens is 2. The number of aliphatic carboxylic acids is 1. The molecule has 6 rings (SSSR count). The van der Waals surface area contributed by atoms with Crippen LogP contribution >= 0.6 is 0 Å². The number of imidazole rings is 1. The van der Waals surface area contributed by atoms with Gasteiger partial charge >= 0.3 is 5.97 Å². The highest BCUT2D eigenvalue weighted by molar-refractivity contribution is 6.00. The van der Waals surface area contributed by atoms with Crippen LogP contribution in [0.1, 0.15) is 154 Å². The van der Waals surface area contributed by atoms with Gasteiger partial charge < -0.3 is 116 Å². The highest BCUT2D eigenvalue weighted by Gasteiger charge is 2.44. The second kappa shape index (κ2) is 44.7. The molecule has 4 aliphatic heterocycles. The Morgan fingerprint density at radius 2 is 1.06 bits per heavy atom. The maximum absolute atomic E-state index is 14.5. The molecule has 1 aromatic heterocycles. The molecule has 0 saturated carbocycles. The summed E-state index contributed by atoms with van der Waals surface area (Å²) in [5.74, 6) is -10.8. The molecule has 4 aliphatic rings. The number of carboxylic acids is 1. The first-order valence-corrected chi connectivity index (χ1v) is 37.7. The minimum atomic E-state index is -1.77. The summed E-state index contributed by atoms with van der Waals surface area (Å²) in [6, 6.07) is -8.45. The van der Waals surface area contributed by atoms with Gasteiger partial charge in [0, 0.05) is 63.9 Å². The van der Waals surface area contributed by atoms with Gasteiger partial charge in [-0.15, -0.1) is 0 Å². The Bertz CT molecular complexity index is 3540. The number of ether oxygens (including phenoxy) is 1. The topological polar surface area (TPSA) is 602 Å². The van der Waals surface area contributed by atoms with Crippen LogP contribution in [0.15, 0.2) is 46.8 Å². The number of aromatic amines is 1. The molecule has 0 radical (unpaired) electrons. The summed E-state index contributed by atoms with van der Waals surface area (Å²) in [6.07, 6.45) is 6.85. The van der Waals surface area contributed by atoms with Crippen molar-refractivity contribution in [3.05, 3.63) is 48.0 Å². The van der Waals surface area contributed by atoms with E-state index in [0.717, 1.165) is 0 Å². The predicted molar refractivity (Wildman–Crippen MR) is 399 cm³/mol. The van der Waals surface area contributed by atoms with E-state index in [1.807, 2.05) is 6.92 Å². The molecule has 39 heteroatoms. The normalized spacial score (nSPS) is 18.8. The number of aliphatic imine (C=N–C) groups is 2. The second-order valence-electron chi connectivity index (χ2n) is 28.3. The lowest BCUT2D eigenvalue weighted by Crippen LogP contribution is -2.61. The number of aliphatic hydroxyl groups excluding tert-OH is 1. The highest BCUT2D eigenvalue weighted by atomic mass is 16.5. The number of amides is 13. The van der Waals surface area contributed by atoms with Gasteiger partial charge in [-0.2, -0.15) is 0 Å². The van der Waals surface area contributed by atoms with E-state index >= 15 is 0 Å². The average molecular weight is 1550 g/mol. The number of carbonyl (C=O) groups excluding carboxylic acids is 13. The molecule has 12 atom stereocenters. The maximum atomic E-state index is 14.5. The first-order valence-electron chi connectivity index (χ1n) is 37.7. The number of nitrogens with two attached hydrogens (primary N) is 5. The molecule has 4 saturated heterocycles. The largest absolute Gasteiger partial charge is 0.497 e. The summed E-state index contributed by atoms with van der Waals surface area (Å²) in [6.45, 7) is 4.46. The monoisotopic (exact) mass is 1540 g/mol. The number of rotatable bonds is 45. The van der Waals surface area contributed by atoms with Gasteiger partial charge in [-0.05, 0) is 133 Å². The molecule has 608 valence electrons. The van der Waals surface area contributed by atoms with Crippen LogP contribution in [-0.4, -0.2) is 262 Å². The van der Waals surface area contributed by atoms with Gasteiger partial charge in [0.1, 0.15) is 78.3 Å². The molecule has 13 amide bonds. The fourth-order valence-corrected chi connectivity index (χ4v) is 13.6. The van der Waals surface area contributed by atoms with Gasteiger partial charge in [0.2, 0.25) is 76.8 Å². The van der Waals surface area contributed by atoms with Crippen LogP contribution in [0.4, 0.5) is 0 Å². The second-order valence-corrected chi connectivity index (χ2v) is 28.3. The molecule has 4 fully saturated rings. The number of carboxylic acid groups (broad SMARTS) is 1. The van der Waals surface area contributed by atoms with Crippen LogP contribution < -0.4 is 86.6 Å². The van der Waals surface area contributed by atoms with Gasteiger partial charge in [-0.3, -0.25) is 72.3 Å². The van der Waals surface area contributed by atoms with Crippen LogP contribution in [0.3, 0.4) is 0 Å². The van der Waals surface area contributed by atoms with Crippen LogP contribution in [0.5, 0.6) is 5.75 Å². The number of nitrogens with one attached hydrogen (secondary N) is 11. The lowest BCUT2D eigenvalue weighted by Gasteiger charge is -2.31. The van der Waals surface area contributed by atoms with E-state index in [-0.39, 0.29) is 153 Å². The van der Waals surface area contributed by atoms with E-state index < -0.39 is 163 Å². The van der Waals surface area contributed by atoms with Gasteiger partial charge in [0.15, 0.2) is 11.9 Å². The Labute approximate surface area is 638 Å². The van der Waals surface area contributed by atoms with Gasteiger partial charge in [-0.1, -0.05) is 45.7 Å². The Balaban J connectivity index is 1.10. The number of guanidine groups is 2. The highest BCUT2D eigenvalue weighted by Crippen LogP contribution is 2.25. The lowest BCUT2D eigenvalue weighted by molar-refractivity contribution is -0.145. The van der Waals surface area contributed by atoms with Crippen molar-refractivity contribution in [3.8, 4) is 5.75 Å². The van der Waals surface area contributed by atoms with Crippen molar-refractivity contribution in [1.82, 2.24) is 77.8 Å². The number of benzene rings is 1. The number of aliphatic hydroxyl groups is 1. The summed E-state index contributed by atoms with van der Waals surface area (Å²) in [7, 11) is 1.50. The zero-order valence-corrected chi connectivity index (χ0v) is 63.1. The van der Waals surface area contributed by atoms with Crippen molar-refractivity contribution in [1.29, 1.82) is 0 Å².